The molecule has 2 aromatic rings. The molecule has 0 aromatic heterocycles. The Morgan fingerprint density at radius 2 is 1.75 bits per heavy atom. The van der Waals surface area contributed by atoms with Crippen molar-refractivity contribution in [1.82, 2.24) is 5.43 Å². The minimum atomic E-state index is -0.306. The molecule has 5 heteroatoms. The van der Waals surface area contributed by atoms with Crippen LogP contribution in [0.25, 0.3) is 0 Å². The van der Waals surface area contributed by atoms with Crippen LogP contribution in [0.5, 0.6) is 11.5 Å². The van der Waals surface area contributed by atoms with E-state index in [1.807, 2.05) is 63.2 Å². The first-order valence-electron chi connectivity index (χ1n) is 7.84. The fraction of sp³-hybridized carbons (Fsp3) is 0.263. The van der Waals surface area contributed by atoms with Crippen LogP contribution in [-0.4, -0.2) is 25.3 Å². The highest BCUT2D eigenvalue weighted by molar-refractivity contribution is 5.83. The standard InChI is InChI=1S/C19H22N2O3/c1-4-23-17-10-8-16(9-11-17)12-20-21-18(22)13-24-19-14(2)6-5-7-15(19)3/h5-12H,4,13H2,1-3H3,(H,21,22)/b20-12+. The third-order valence-electron chi connectivity index (χ3n) is 3.35. The maximum absolute atomic E-state index is 11.8. The van der Waals surface area contributed by atoms with E-state index < -0.39 is 0 Å². The Bertz CT molecular complexity index is 689. The highest BCUT2D eigenvalue weighted by Crippen LogP contribution is 2.21. The number of hydrogen-bond donors (Lipinski definition) is 1. The molecule has 0 saturated carbocycles. The third-order valence-corrected chi connectivity index (χ3v) is 3.35. The molecule has 2 rings (SSSR count). The van der Waals surface area contributed by atoms with Crippen molar-refractivity contribution >= 4 is 12.1 Å². The number of amides is 1. The molecule has 0 aliphatic heterocycles. The van der Waals surface area contributed by atoms with Gasteiger partial charge in [0.05, 0.1) is 12.8 Å². The minimum Gasteiger partial charge on any atom is -0.494 e. The summed E-state index contributed by atoms with van der Waals surface area (Å²) in [6.45, 7) is 6.39. The van der Waals surface area contributed by atoms with Crippen molar-refractivity contribution in [3.05, 3.63) is 59.2 Å². The molecule has 24 heavy (non-hydrogen) atoms. The van der Waals surface area contributed by atoms with Crippen LogP contribution in [-0.2, 0) is 4.79 Å². The van der Waals surface area contributed by atoms with Crippen molar-refractivity contribution in [2.24, 2.45) is 5.10 Å². The molecule has 0 saturated heterocycles. The molecule has 0 heterocycles. The third kappa shape index (κ3) is 5.12. The predicted octanol–water partition coefficient (Wildman–Crippen LogP) is 3.23. The van der Waals surface area contributed by atoms with Crippen molar-refractivity contribution < 1.29 is 14.3 Å². The lowest BCUT2D eigenvalue weighted by Gasteiger charge is -2.10. The van der Waals surface area contributed by atoms with Crippen LogP contribution in [0.3, 0.4) is 0 Å². The van der Waals surface area contributed by atoms with Gasteiger partial charge in [-0.2, -0.15) is 5.10 Å². The molecule has 0 fully saturated rings. The highest BCUT2D eigenvalue weighted by Gasteiger charge is 2.06. The lowest BCUT2D eigenvalue weighted by atomic mass is 10.1. The number of nitrogens with one attached hydrogen (secondary N) is 1. The second-order valence-corrected chi connectivity index (χ2v) is 5.30. The van der Waals surface area contributed by atoms with Crippen molar-refractivity contribution in [2.75, 3.05) is 13.2 Å². The summed E-state index contributed by atoms with van der Waals surface area (Å²) in [5.74, 6) is 1.24. The second kappa shape index (κ2) is 8.72. The number of carbonyl (C=O) groups is 1. The van der Waals surface area contributed by atoms with Gasteiger partial charge in [0.1, 0.15) is 11.5 Å². The fourth-order valence-electron chi connectivity index (χ4n) is 2.19. The van der Waals surface area contributed by atoms with E-state index >= 15 is 0 Å². The van der Waals surface area contributed by atoms with E-state index in [9.17, 15) is 4.79 Å². The number of ether oxygens (including phenoxy) is 2. The normalized spacial score (nSPS) is 10.6. The molecular formula is C19H22N2O3. The molecule has 0 aliphatic rings. The Balaban J connectivity index is 1.82. The second-order valence-electron chi connectivity index (χ2n) is 5.30. The average molecular weight is 326 g/mol. The van der Waals surface area contributed by atoms with E-state index in [0.29, 0.717) is 6.61 Å². The summed E-state index contributed by atoms with van der Waals surface area (Å²) in [7, 11) is 0. The maximum atomic E-state index is 11.8. The van der Waals surface area contributed by atoms with E-state index in [1.54, 1.807) is 6.21 Å². The molecule has 5 nitrogen and oxygen atoms in total. The minimum absolute atomic E-state index is 0.0771. The van der Waals surface area contributed by atoms with Crippen LogP contribution in [0.4, 0.5) is 0 Å². The van der Waals surface area contributed by atoms with Crippen LogP contribution in [0.2, 0.25) is 0 Å². The predicted molar refractivity (Wildman–Crippen MR) is 94.8 cm³/mol. The number of nitrogens with zero attached hydrogens (tertiary/aromatic N) is 1. The number of carbonyl (C=O) groups excluding carboxylic acids is 1. The first-order chi connectivity index (χ1) is 11.6. The van der Waals surface area contributed by atoms with E-state index in [4.69, 9.17) is 9.47 Å². The molecule has 0 bridgehead atoms. The lowest BCUT2D eigenvalue weighted by Crippen LogP contribution is -2.25. The zero-order valence-electron chi connectivity index (χ0n) is 14.2. The fourth-order valence-corrected chi connectivity index (χ4v) is 2.19. The molecule has 2 aromatic carbocycles. The number of aryl methyl sites for hydroxylation is 2. The smallest absolute Gasteiger partial charge is 0.277 e. The summed E-state index contributed by atoms with van der Waals surface area (Å²) in [4.78, 5) is 11.8. The summed E-state index contributed by atoms with van der Waals surface area (Å²) in [5, 5.41) is 3.93. The van der Waals surface area contributed by atoms with Gasteiger partial charge in [-0.05, 0) is 61.7 Å². The van der Waals surface area contributed by atoms with Crippen molar-refractivity contribution in [2.45, 2.75) is 20.8 Å². The van der Waals surface area contributed by atoms with E-state index in [2.05, 4.69) is 10.5 Å². The molecule has 1 amide bonds. The molecule has 0 unspecified atom stereocenters. The van der Waals surface area contributed by atoms with Gasteiger partial charge in [-0.1, -0.05) is 18.2 Å². The van der Waals surface area contributed by atoms with Crippen LogP contribution in [0.1, 0.15) is 23.6 Å². The summed E-state index contributed by atoms with van der Waals surface area (Å²) >= 11 is 0. The summed E-state index contributed by atoms with van der Waals surface area (Å²) in [6.07, 6.45) is 1.58. The molecular weight excluding hydrogens is 304 g/mol. The molecule has 1 N–H and O–H groups in total. The van der Waals surface area contributed by atoms with E-state index in [-0.39, 0.29) is 12.5 Å². The summed E-state index contributed by atoms with van der Waals surface area (Å²) in [6, 6.07) is 13.3. The maximum Gasteiger partial charge on any atom is 0.277 e. The average Bonchev–Trinajstić information content (AvgIpc) is 2.56. The van der Waals surface area contributed by atoms with E-state index in [0.717, 1.165) is 28.2 Å². The van der Waals surface area contributed by atoms with Gasteiger partial charge in [0.15, 0.2) is 6.61 Å². The zero-order valence-corrected chi connectivity index (χ0v) is 14.2. The van der Waals surface area contributed by atoms with Gasteiger partial charge >= 0.3 is 0 Å². The number of hydrogen-bond acceptors (Lipinski definition) is 4. The van der Waals surface area contributed by atoms with Crippen molar-refractivity contribution in [3.63, 3.8) is 0 Å². The Hall–Kier alpha value is -2.82. The van der Waals surface area contributed by atoms with Crippen LogP contribution in [0, 0.1) is 13.8 Å². The highest BCUT2D eigenvalue weighted by atomic mass is 16.5. The zero-order chi connectivity index (χ0) is 17.4. The van der Waals surface area contributed by atoms with Crippen LogP contribution in [0.15, 0.2) is 47.6 Å². The Morgan fingerprint density at radius 3 is 2.38 bits per heavy atom. The Kier molecular flexibility index (Phi) is 6.37. The van der Waals surface area contributed by atoms with Gasteiger partial charge in [0.2, 0.25) is 0 Å². The number of benzene rings is 2. The van der Waals surface area contributed by atoms with Gasteiger partial charge in [0, 0.05) is 0 Å². The molecule has 126 valence electrons. The van der Waals surface area contributed by atoms with Crippen molar-refractivity contribution in [1.29, 1.82) is 0 Å². The summed E-state index contributed by atoms with van der Waals surface area (Å²) in [5.41, 5.74) is 5.33. The number of para-hydroxylation sites is 1. The monoisotopic (exact) mass is 326 g/mol. The first kappa shape index (κ1) is 17.5. The Morgan fingerprint density at radius 1 is 1.08 bits per heavy atom. The largest absolute Gasteiger partial charge is 0.494 e. The van der Waals surface area contributed by atoms with Gasteiger partial charge in [-0.25, -0.2) is 5.43 Å². The Labute approximate surface area is 142 Å². The van der Waals surface area contributed by atoms with Crippen LogP contribution >= 0.6 is 0 Å². The van der Waals surface area contributed by atoms with Gasteiger partial charge < -0.3 is 9.47 Å². The topological polar surface area (TPSA) is 59.9 Å². The van der Waals surface area contributed by atoms with Gasteiger partial charge in [-0.3, -0.25) is 4.79 Å². The molecule has 0 aliphatic carbocycles. The number of hydrazone groups is 1. The molecule has 0 radical (unpaired) electrons. The van der Waals surface area contributed by atoms with Gasteiger partial charge in [0.25, 0.3) is 5.91 Å². The van der Waals surface area contributed by atoms with Crippen molar-refractivity contribution in [3.8, 4) is 11.5 Å². The lowest BCUT2D eigenvalue weighted by molar-refractivity contribution is -0.123. The van der Waals surface area contributed by atoms with E-state index in [1.165, 1.54) is 0 Å². The SMILES string of the molecule is CCOc1ccc(/C=N/NC(=O)COc2c(C)cccc2C)cc1. The molecule has 0 spiro atoms. The first-order valence-corrected chi connectivity index (χ1v) is 7.84. The quantitative estimate of drug-likeness (QED) is 0.628. The van der Waals surface area contributed by atoms with Crippen LogP contribution < -0.4 is 14.9 Å². The number of rotatable bonds is 7. The van der Waals surface area contributed by atoms with Gasteiger partial charge in [-0.15, -0.1) is 0 Å². The molecule has 0 atom stereocenters. The summed E-state index contributed by atoms with van der Waals surface area (Å²) < 4.78 is 10.9.